The Hall–Kier alpha value is -1.18. The Morgan fingerprint density at radius 2 is 1.69 bits per heavy atom. The largest absolute Gasteiger partial charge is 0.351 e. The van der Waals surface area contributed by atoms with Crippen LogP contribution in [0.1, 0.15) is 54.4 Å². The van der Waals surface area contributed by atoms with Crippen molar-refractivity contribution < 1.29 is 19.1 Å². The summed E-state index contributed by atoms with van der Waals surface area (Å²) >= 11 is 0. The summed E-state index contributed by atoms with van der Waals surface area (Å²) in [6.45, 7) is 13.2. The minimum atomic E-state index is -0.580. The van der Waals surface area contributed by atoms with E-state index >= 15 is 0 Å². The second-order valence-electron chi connectivity index (χ2n) is 7.52. The van der Waals surface area contributed by atoms with E-state index in [0.29, 0.717) is 26.2 Å². The third kappa shape index (κ3) is 5.93. The van der Waals surface area contributed by atoms with Gasteiger partial charge in [-0.05, 0) is 38.5 Å². The molecule has 7 heteroatoms. The maximum Gasteiger partial charge on any atom is 0.243 e. The zero-order valence-corrected chi connectivity index (χ0v) is 17.2. The van der Waals surface area contributed by atoms with Gasteiger partial charge in [0, 0.05) is 19.8 Å². The van der Waals surface area contributed by atoms with Gasteiger partial charge < -0.3 is 25.4 Å². The first-order valence-electron chi connectivity index (χ1n) is 9.84. The van der Waals surface area contributed by atoms with E-state index in [1.807, 2.05) is 41.5 Å². The van der Waals surface area contributed by atoms with E-state index in [2.05, 4.69) is 5.32 Å². The van der Waals surface area contributed by atoms with Gasteiger partial charge in [-0.2, -0.15) is 0 Å². The van der Waals surface area contributed by atoms with Crippen molar-refractivity contribution in [2.75, 3.05) is 19.8 Å². The molecule has 0 bridgehead atoms. The number of rotatable bonds is 10. The van der Waals surface area contributed by atoms with E-state index in [0.717, 1.165) is 6.42 Å². The Balaban J connectivity index is 2.85. The Kier molecular flexibility index (Phi) is 9.54. The van der Waals surface area contributed by atoms with Gasteiger partial charge in [-0.25, -0.2) is 0 Å². The van der Waals surface area contributed by atoms with Gasteiger partial charge >= 0.3 is 0 Å². The normalized spacial score (nSPS) is 20.1. The summed E-state index contributed by atoms with van der Waals surface area (Å²) in [5.74, 6) is -0.138. The fourth-order valence-corrected chi connectivity index (χ4v) is 3.17. The highest BCUT2D eigenvalue weighted by atomic mass is 16.7. The molecule has 3 N–H and O–H groups in total. The van der Waals surface area contributed by atoms with Crippen molar-refractivity contribution in [3.05, 3.63) is 0 Å². The van der Waals surface area contributed by atoms with Crippen molar-refractivity contribution in [3.63, 3.8) is 0 Å². The smallest absolute Gasteiger partial charge is 0.243 e. The van der Waals surface area contributed by atoms with Crippen LogP contribution in [0.4, 0.5) is 0 Å². The van der Waals surface area contributed by atoms with Crippen LogP contribution in [-0.2, 0) is 19.1 Å². The number of nitrogens with one attached hydrogen (secondary N) is 1. The third-order valence-electron chi connectivity index (χ3n) is 4.82. The average molecular weight is 372 g/mol. The van der Waals surface area contributed by atoms with Crippen molar-refractivity contribution in [1.82, 2.24) is 10.2 Å². The number of nitrogens with zero attached hydrogens (tertiary/aromatic N) is 1. The number of hydrogen-bond donors (Lipinski definition) is 2. The highest BCUT2D eigenvalue weighted by Gasteiger charge is 2.38. The molecule has 7 nitrogen and oxygen atoms in total. The highest BCUT2D eigenvalue weighted by Crippen LogP contribution is 2.21. The maximum absolute atomic E-state index is 12.9. The molecule has 1 aliphatic rings. The zero-order valence-electron chi connectivity index (χ0n) is 17.2. The molecule has 0 aliphatic carbocycles. The van der Waals surface area contributed by atoms with Gasteiger partial charge in [0.15, 0.2) is 6.29 Å². The molecule has 1 heterocycles. The number of carbonyl (C=O) groups is 2. The first-order chi connectivity index (χ1) is 12.2. The molecule has 0 saturated carbocycles. The molecule has 0 spiro atoms. The van der Waals surface area contributed by atoms with Gasteiger partial charge in [-0.1, -0.05) is 27.7 Å². The van der Waals surface area contributed by atoms with Gasteiger partial charge in [-0.3, -0.25) is 9.59 Å². The average Bonchev–Trinajstić information content (AvgIpc) is 3.07. The summed E-state index contributed by atoms with van der Waals surface area (Å²) in [6.07, 6.45) is 0.958. The lowest BCUT2D eigenvalue weighted by atomic mass is 10.0. The van der Waals surface area contributed by atoms with Crippen LogP contribution in [0.15, 0.2) is 0 Å². The van der Waals surface area contributed by atoms with E-state index in [1.54, 1.807) is 4.90 Å². The fourth-order valence-electron chi connectivity index (χ4n) is 3.17. The van der Waals surface area contributed by atoms with Crippen molar-refractivity contribution in [2.24, 2.45) is 17.6 Å². The second-order valence-corrected chi connectivity index (χ2v) is 7.52. The molecule has 0 aromatic heterocycles. The number of amides is 2. The van der Waals surface area contributed by atoms with Crippen LogP contribution < -0.4 is 11.1 Å². The standard InChI is InChI=1S/C19H37N3O4/c1-7-25-19(26-8-2)16(13(5)6)21-17(23)14-10-9-11-22(14)18(24)15(20)12(3)4/h12-16,19H,7-11,20H2,1-6H3,(H,21,23)/t14-,15-,16-/m0/s1. The molecule has 0 aromatic rings. The Labute approximate surface area is 158 Å². The number of nitrogens with two attached hydrogens (primary N) is 1. The van der Waals surface area contributed by atoms with E-state index < -0.39 is 18.4 Å². The van der Waals surface area contributed by atoms with Crippen LogP contribution in [-0.4, -0.2) is 60.9 Å². The van der Waals surface area contributed by atoms with Crippen LogP contribution >= 0.6 is 0 Å². The summed E-state index contributed by atoms with van der Waals surface area (Å²) in [5, 5.41) is 3.06. The lowest BCUT2D eigenvalue weighted by molar-refractivity contribution is -0.166. The van der Waals surface area contributed by atoms with E-state index in [4.69, 9.17) is 15.2 Å². The Morgan fingerprint density at radius 1 is 1.12 bits per heavy atom. The SMILES string of the molecule is CCOC(OCC)[C@@H](NC(=O)[C@@H]1CCCN1C(=O)[C@@H](N)C(C)C)C(C)C. The van der Waals surface area contributed by atoms with E-state index in [9.17, 15) is 9.59 Å². The van der Waals surface area contributed by atoms with Gasteiger partial charge in [0.2, 0.25) is 11.8 Å². The lowest BCUT2D eigenvalue weighted by Crippen LogP contribution is -2.56. The number of carbonyl (C=O) groups excluding carboxylic acids is 2. The fraction of sp³-hybridized carbons (Fsp3) is 0.895. The maximum atomic E-state index is 12.9. The molecule has 152 valence electrons. The van der Waals surface area contributed by atoms with E-state index in [-0.39, 0.29) is 29.7 Å². The van der Waals surface area contributed by atoms with Crippen LogP contribution in [0.2, 0.25) is 0 Å². The summed E-state index contributed by atoms with van der Waals surface area (Å²) in [6, 6.07) is -1.33. The molecule has 1 aliphatic heterocycles. The Morgan fingerprint density at radius 3 is 2.15 bits per heavy atom. The van der Waals surface area contributed by atoms with Crippen LogP contribution in [0.25, 0.3) is 0 Å². The summed E-state index contributed by atoms with van der Waals surface area (Å²) in [5.41, 5.74) is 6.02. The lowest BCUT2D eigenvalue weighted by Gasteiger charge is -2.33. The quantitative estimate of drug-likeness (QED) is 0.568. The second kappa shape index (κ2) is 10.8. The van der Waals surface area contributed by atoms with Crippen LogP contribution in [0.5, 0.6) is 0 Å². The molecule has 1 saturated heterocycles. The molecular weight excluding hydrogens is 334 g/mol. The van der Waals surface area contributed by atoms with Crippen molar-refractivity contribution in [3.8, 4) is 0 Å². The number of hydrogen-bond acceptors (Lipinski definition) is 5. The van der Waals surface area contributed by atoms with Crippen LogP contribution in [0.3, 0.4) is 0 Å². The first-order valence-corrected chi connectivity index (χ1v) is 9.84. The van der Waals surface area contributed by atoms with Crippen molar-refractivity contribution in [1.29, 1.82) is 0 Å². The molecule has 0 radical (unpaired) electrons. The summed E-state index contributed by atoms with van der Waals surface area (Å²) in [4.78, 5) is 27.2. The predicted molar refractivity (Wildman–Crippen MR) is 101 cm³/mol. The minimum absolute atomic E-state index is 0.0375. The van der Waals surface area contributed by atoms with Crippen molar-refractivity contribution >= 4 is 11.8 Å². The number of ether oxygens (including phenoxy) is 2. The molecule has 1 fully saturated rings. The topological polar surface area (TPSA) is 93.9 Å². The third-order valence-corrected chi connectivity index (χ3v) is 4.82. The molecule has 3 atom stereocenters. The summed E-state index contributed by atoms with van der Waals surface area (Å²) in [7, 11) is 0. The van der Waals surface area contributed by atoms with Gasteiger partial charge in [-0.15, -0.1) is 0 Å². The van der Waals surface area contributed by atoms with Gasteiger partial charge in [0.25, 0.3) is 0 Å². The molecule has 1 rings (SSSR count). The Bertz CT molecular complexity index is 450. The molecule has 26 heavy (non-hydrogen) atoms. The monoisotopic (exact) mass is 371 g/mol. The first kappa shape index (κ1) is 22.9. The molecular formula is C19H37N3O4. The summed E-state index contributed by atoms with van der Waals surface area (Å²) < 4.78 is 11.4. The molecule has 2 amide bonds. The number of likely N-dealkylation sites (tertiary alicyclic amines) is 1. The van der Waals surface area contributed by atoms with E-state index in [1.165, 1.54) is 0 Å². The highest BCUT2D eigenvalue weighted by molar-refractivity contribution is 5.90. The molecule has 0 unspecified atom stereocenters. The van der Waals surface area contributed by atoms with Crippen LogP contribution in [0, 0.1) is 11.8 Å². The molecule has 0 aromatic carbocycles. The van der Waals surface area contributed by atoms with Gasteiger partial charge in [0.1, 0.15) is 6.04 Å². The van der Waals surface area contributed by atoms with Gasteiger partial charge in [0.05, 0.1) is 12.1 Å². The van der Waals surface area contributed by atoms with Crippen molar-refractivity contribution in [2.45, 2.75) is 78.8 Å². The minimum Gasteiger partial charge on any atom is -0.351 e. The zero-order chi connectivity index (χ0) is 19.9. The predicted octanol–water partition coefficient (Wildman–Crippen LogP) is 1.50.